The molecule has 9 nitrogen and oxygen atoms in total. The van der Waals surface area contributed by atoms with Crippen LogP contribution in [-0.2, 0) is 21.2 Å². The summed E-state index contributed by atoms with van der Waals surface area (Å²) < 4.78 is 29.2. The van der Waals surface area contributed by atoms with Crippen molar-refractivity contribution in [3.63, 3.8) is 0 Å². The highest BCUT2D eigenvalue weighted by Gasteiger charge is 2.18. The second kappa shape index (κ2) is 9.33. The van der Waals surface area contributed by atoms with Crippen LogP contribution in [0.1, 0.15) is 28.1 Å². The molecule has 0 aliphatic carbocycles. The summed E-state index contributed by atoms with van der Waals surface area (Å²) in [6, 6.07) is 5.28. The van der Waals surface area contributed by atoms with E-state index in [-0.39, 0.29) is 30.3 Å². The lowest BCUT2D eigenvalue weighted by Crippen LogP contribution is -2.35. The molecule has 0 fully saturated rings. The van der Waals surface area contributed by atoms with Gasteiger partial charge in [-0.15, -0.1) is 5.10 Å². The van der Waals surface area contributed by atoms with Gasteiger partial charge < -0.3 is 5.32 Å². The monoisotopic (exact) mass is 462 g/mol. The molecule has 166 valence electrons. The smallest absolute Gasteiger partial charge is 0.253 e. The third-order valence-corrected chi connectivity index (χ3v) is 7.06. The number of aryl methyl sites for hydroxylation is 4. The normalized spacial score (nSPS) is 11.8. The van der Waals surface area contributed by atoms with Crippen LogP contribution in [0.5, 0.6) is 0 Å². The van der Waals surface area contributed by atoms with Crippen LogP contribution < -0.4 is 10.0 Å². The molecule has 31 heavy (non-hydrogen) atoms. The molecule has 0 saturated heterocycles. The Kier molecular flexibility index (Phi) is 6.97. The van der Waals surface area contributed by atoms with Crippen molar-refractivity contribution >= 4 is 33.5 Å². The van der Waals surface area contributed by atoms with Crippen LogP contribution >= 0.6 is 11.8 Å². The van der Waals surface area contributed by atoms with Crippen LogP contribution in [0.25, 0.3) is 5.78 Å². The van der Waals surface area contributed by atoms with Crippen molar-refractivity contribution in [3.8, 4) is 0 Å². The van der Waals surface area contributed by atoms with E-state index in [2.05, 4.69) is 25.1 Å². The molecule has 0 unspecified atom stereocenters. The number of fused-ring (bicyclic) bond motifs is 1. The van der Waals surface area contributed by atoms with Crippen molar-refractivity contribution in [2.24, 2.45) is 0 Å². The third kappa shape index (κ3) is 5.23. The number of hydrogen-bond acceptors (Lipinski definition) is 7. The van der Waals surface area contributed by atoms with Crippen molar-refractivity contribution in [1.29, 1.82) is 0 Å². The molecule has 3 rings (SSSR count). The van der Waals surface area contributed by atoms with Gasteiger partial charge >= 0.3 is 0 Å². The predicted molar refractivity (Wildman–Crippen MR) is 120 cm³/mol. The quantitative estimate of drug-likeness (QED) is 0.386. The Morgan fingerprint density at radius 3 is 2.58 bits per heavy atom. The van der Waals surface area contributed by atoms with Crippen LogP contribution in [0.2, 0.25) is 0 Å². The molecule has 2 aromatic heterocycles. The summed E-state index contributed by atoms with van der Waals surface area (Å²) in [5, 5.41) is 7.76. The van der Waals surface area contributed by atoms with Gasteiger partial charge in [0, 0.05) is 30.0 Å². The molecule has 2 N–H and O–H groups in total. The first-order chi connectivity index (χ1) is 14.6. The minimum atomic E-state index is -3.64. The minimum absolute atomic E-state index is 0.0941. The number of benzene rings is 1. The molecular weight excluding hydrogens is 436 g/mol. The van der Waals surface area contributed by atoms with Gasteiger partial charge in [0.05, 0.1) is 11.3 Å². The third-order valence-electron chi connectivity index (χ3n) is 4.92. The first kappa shape index (κ1) is 23.2. The minimum Gasteiger partial charge on any atom is -0.354 e. The van der Waals surface area contributed by atoms with E-state index in [1.807, 2.05) is 33.1 Å². The van der Waals surface area contributed by atoms with Gasteiger partial charge in [-0.25, -0.2) is 22.6 Å². The molecule has 0 spiro atoms. The van der Waals surface area contributed by atoms with E-state index >= 15 is 0 Å². The molecule has 1 amide bonds. The molecule has 11 heteroatoms. The van der Waals surface area contributed by atoms with E-state index in [9.17, 15) is 13.2 Å². The highest BCUT2D eigenvalue weighted by Crippen LogP contribution is 2.18. The van der Waals surface area contributed by atoms with Crippen LogP contribution in [0.3, 0.4) is 0 Å². The van der Waals surface area contributed by atoms with Gasteiger partial charge in [-0.3, -0.25) is 4.79 Å². The molecule has 1 aromatic carbocycles. The summed E-state index contributed by atoms with van der Waals surface area (Å²) in [5.41, 5.74) is 3.84. The number of thioether (sulfide) groups is 1. The predicted octanol–water partition coefficient (Wildman–Crippen LogP) is 1.72. The van der Waals surface area contributed by atoms with Crippen molar-refractivity contribution < 1.29 is 13.2 Å². The summed E-state index contributed by atoms with van der Waals surface area (Å²) in [5.74, 6) is 0.285. The molecule has 0 saturated carbocycles. The van der Waals surface area contributed by atoms with Crippen LogP contribution in [-0.4, -0.2) is 53.3 Å². The van der Waals surface area contributed by atoms with Crippen molar-refractivity contribution in [3.05, 3.63) is 46.3 Å². The Bertz CT molecular complexity index is 1240. The Balaban J connectivity index is 1.60. The zero-order valence-electron chi connectivity index (χ0n) is 18.2. The first-order valence-electron chi connectivity index (χ1n) is 9.73. The molecule has 0 aliphatic rings. The number of sulfonamides is 1. The first-order valence-corrected chi connectivity index (χ1v) is 12.4. The van der Waals surface area contributed by atoms with E-state index in [1.54, 1.807) is 23.6 Å². The van der Waals surface area contributed by atoms with Gasteiger partial charge in [0.1, 0.15) is 0 Å². The van der Waals surface area contributed by atoms with E-state index < -0.39 is 10.0 Å². The maximum Gasteiger partial charge on any atom is 0.253 e. The Morgan fingerprint density at radius 2 is 1.87 bits per heavy atom. The fraction of sp³-hybridized carbons (Fsp3) is 0.400. The molecule has 0 aliphatic heterocycles. The van der Waals surface area contributed by atoms with E-state index in [0.717, 1.165) is 22.5 Å². The summed E-state index contributed by atoms with van der Waals surface area (Å²) >= 11 is 1.43. The number of nitrogens with zero attached hydrogens (tertiary/aromatic N) is 4. The van der Waals surface area contributed by atoms with Gasteiger partial charge in [-0.05, 0) is 51.1 Å². The van der Waals surface area contributed by atoms with Crippen LogP contribution in [0, 0.1) is 27.7 Å². The Labute approximate surface area is 186 Å². The van der Waals surface area contributed by atoms with Gasteiger partial charge in [0.15, 0.2) is 0 Å². The van der Waals surface area contributed by atoms with E-state index in [1.165, 1.54) is 11.8 Å². The Morgan fingerprint density at radius 1 is 1.13 bits per heavy atom. The van der Waals surface area contributed by atoms with Crippen molar-refractivity contribution in [2.75, 3.05) is 19.3 Å². The van der Waals surface area contributed by atoms with Crippen LogP contribution in [0.15, 0.2) is 28.3 Å². The summed E-state index contributed by atoms with van der Waals surface area (Å²) in [6.07, 6.45) is 2.01. The SMILES string of the molecule is CSc1nc2nc(C)c(CC(=O)NCCNS(=O)(=O)c3cc(C)ccc3C)c(C)n2n1. The lowest BCUT2D eigenvalue weighted by Gasteiger charge is -2.12. The highest BCUT2D eigenvalue weighted by molar-refractivity contribution is 7.98. The average Bonchev–Trinajstić information content (AvgIpc) is 3.13. The van der Waals surface area contributed by atoms with E-state index in [0.29, 0.717) is 16.5 Å². The van der Waals surface area contributed by atoms with Gasteiger partial charge in [0.2, 0.25) is 21.1 Å². The molecule has 0 bridgehead atoms. The molecule has 3 aromatic rings. The number of nitrogens with one attached hydrogen (secondary N) is 2. The number of amides is 1. The highest BCUT2D eigenvalue weighted by atomic mass is 32.2. The van der Waals surface area contributed by atoms with E-state index in [4.69, 9.17) is 0 Å². The van der Waals surface area contributed by atoms with Gasteiger partial charge in [-0.1, -0.05) is 23.9 Å². The molecule has 0 radical (unpaired) electrons. The summed E-state index contributed by atoms with van der Waals surface area (Å²) in [7, 11) is -3.64. The molecule has 2 heterocycles. The fourth-order valence-electron chi connectivity index (χ4n) is 3.22. The van der Waals surface area contributed by atoms with Gasteiger partial charge in [-0.2, -0.15) is 4.98 Å². The largest absolute Gasteiger partial charge is 0.354 e. The standard InChI is InChI=1S/C20H26N6O3S2/c1-12-6-7-13(2)17(10-12)31(28,29)22-9-8-21-18(27)11-16-14(3)23-19-24-20(30-5)25-26(19)15(16)4/h6-7,10,22H,8-9,11H2,1-5H3,(H,21,27). The van der Waals surface area contributed by atoms with Crippen molar-refractivity contribution in [1.82, 2.24) is 29.6 Å². The number of rotatable bonds is 8. The van der Waals surface area contributed by atoms with Crippen molar-refractivity contribution in [2.45, 2.75) is 44.2 Å². The van der Waals surface area contributed by atoms with Gasteiger partial charge in [0.25, 0.3) is 5.78 Å². The maximum atomic E-state index is 12.5. The zero-order chi connectivity index (χ0) is 22.8. The number of aromatic nitrogens is 4. The number of carbonyl (C=O) groups excluding carboxylic acids is 1. The number of carbonyl (C=O) groups is 1. The summed E-state index contributed by atoms with van der Waals surface area (Å²) in [6.45, 7) is 7.58. The topological polar surface area (TPSA) is 118 Å². The number of hydrogen-bond donors (Lipinski definition) is 2. The Hall–Kier alpha value is -2.50. The maximum absolute atomic E-state index is 12.5. The molecule has 0 atom stereocenters. The zero-order valence-corrected chi connectivity index (χ0v) is 19.8. The second-order valence-corrected chi connectivity index (χ2v) is 9.77. The summed E-state index contributed by atoms with van der Waals surface area (Å²) in [4.78, 5) is 21.5. The lowest BCUT2D eigenvalue weighted by molar-refractivity contribution is -0.120. The second-order valence-electron chi connectivity index (χ2n) is 7.26. The van der Waals surface area contributed by atoms with Crippen LogP contribution in [0.4, 0.5) is 0 Å². The average molecular weight is 463 g/mol. The molecular formula is C20H26N6O3S2. The lowest BCUT2D eigenvalue weighted by atomic mass is 10.1. The fourth-order valence-corrected chi connectivity index (χ4v) is 4.91.